The van der Waals surface area contributed by atoms with E-state index in [4.69, 9.17) is 0 Å². The Labute approximate surface area is 76.5 Å². The zero-order chi connectivity index (χ0) is 8.36. The van der Waals surface area contributed by atoms with E-state index in [2.05, 4.69) is 0 Å². The number of carbonyl (C=O) groups excluding carboxylic acids is 1. The van der Waals surface area contributed by atoms with Gasteiger partial charge in [-0.2, -0.15) is 13.2 Å². The number of allylic oxidation sites excluding steroid dienone is 2. The third-order valence-corrected chi connectivity index (χ3v) is 0.614. The van der Waals surface area contributed by atoms with Gasteiger partial charge in [0.05, 0.1) is 0 Å². The van der Waals surface area contributed by atoms with Gasteiger partial charge < -0.3 is 10.6 Å². The van der Waals surface area contributed by atoms with Crippen LogP contribution < -0.4 is 5.11 Å². The van der Waals surface area contributed by atoms with Gasteiger partial charge in [0.1, 0.15) is 0 Å². The Balaban J connectivity index is -0.000000405. The number of hydrogen-bond donors (Lipinski definition) is 0. The molecule has 0 aromatic carbocycles. The molecular weight excluding hydrogens is 224 g/mol. The summed E-state index contributed by atoms with van der Waals surface area (Å²) in [7, 11) is 0. The second-order valence-corrected chi connectivity index (χ2v) is 1.62. The molecule has 0 amide bonds. The monoisotopic (exact) mass is 229 g/mol. The number of ketones is 1. The molecule has 0 aliphatic rings. The van der Waals surface area contributed by atoms with E-state index < -0.39 is 17.7 Å². The van der Waals surface area contributed by atoms with Crippen molar-refractivity contribution < 1.29 is 45.0 Å². The number of halogens is 3. The third-order valence-electron chi connectivity index (χ3n) is 0.614. The fourth-order valence-corrected chi connectivity index (χ4v) is 0.266. The molecule has 0 fully saturated rings. The van der Waals surface area contributed by atoms with Crippen molar-refractivity contribution >= 4 is 5.78 Å². The molecule has 7 heteroatoms. The summed E-state index contributed by atoms with van der Waals surface area (Å²) in [5, 5.41) is 9.87. The van der Waals surface area contributed by atoms with Crippen LogP contribution in [0.4, 0.5) is 13.2 Å². The second kappa shape index (κ2) is 6.02. The van der Waals surface area contributed by atoms with Crippen LogP contribution in [0.1, 0.15) is 6.92 Å². The van der Waals surface area contributed by atoms with Crippen molar-refractivity contribution in [2.24, 2.45) is 0 Å². The Morgan fingerprint density at radius 3 is 1.83 bits per heavy atom. The van der Waals surface area contributed by atoms with Crippen molar-refractivity contribution in [3.63, 3.8) is 0 Å². The molecule has 3 nitrogen and oxygen atoms in total. The molecule has 0 rings (SSSR count). The molecule has 12 heavy (non-hydrogen) atoms. The molecule has 0 heterocycles. The predicted molar refractivity (Wildman–Crippen MR) is 28.4 cm³/mol. The standard InChI is InChI=1S/C5H5F3O2.Ni.H2O/c1-3(9)2-4(10)5(6,7)8;;/h2,10H,1H3;;1H2/q;+2;/p-1/b4-2-;;. The van der Waals surface area contributed by atoms with Crippen molar-refractivity contribution in [1.29, 1.82) is 0 Å². The van der Waals surface area contributed by atoms with Gasteiger partial charge in [-0.3, -0.25) is 4.79 Å². The minimum Gasteiger partial charge on any atom is -0.869 e. The fraction of sp³-hybridized carbons (Fsp3) is 0.400. The molecule has 0 saturated carbocycles. The van der Waals surface area contributed by atoms with Gasteiger partial charge in [0.15, 0.2) is 5.78 Å². The maximum Gasteiger partial charge on any atom is 2.00 e. The van der Waals surface area contributed by atoms with Gasteiger partial charge in [-0.15, -0.1) is 0 Å². The molecular formula is C5H6F3NiO3+. The normalized spacial score (nSPS) is 11.2. The Hall–Kier alpha value is -0.546. The van der Waals surface area contributed by atoms with E-state index in [1.165, 1.54) is 0 Å². The van der Waals surface area contributed by atoms with Crippen LogP contribution in [0.5, 0.6) is 0 Å². The van der Waals surface area contributed by atoms with Gasteiger partial charge in [-0.1, -0.05) is 0 Å². The van der Waals surface area contributed by atoms with Gasteiger partial charge in [-0.05, 0) is 18.8 Å². The fourth-order valence-electron chi connectivity index (χ4n) is 0.266. The maximum atomic E-state index is 11.3. The zero-order valence-electron chi connectivity index (χ0n) is 5.84. The molecule has 0 atom stereocenters. The quantitative estimate of drug-likeness (QED) is 0.347. The molecule has 0 saturated heterocycles. The molecule has 0 bridgehead atoms. The van der Waals surface area contributed by atoms with Crippen LogP contribution in [-0.2, 0) is 21.3 Å². The largest absolute Gasteiger partial charge is 2.00 e. The van der Waals surface area contributed by atoms with E-state index in [9.17, 15) is 23.1 Å². The van der Waals surface area contributed by atoms with Crippen molar-refractivity contribution in [2.75, 3.05) is 0 Å². The summed E-state index contributed by atoms with van der Waals surface area (Å²) in [6.07, 6.45) is -4.91. The predicted octanol–water partition coefficient (Wildman–Crippen LogP) is -0.445. The number of carbonyl (C=O) groups is 1. The maximum absolute atomic E-state index is 11.3. The molecule has 2 N–H and O–H groups in total. The van der Waals surface area contributed by atoms with Gasteiger partial charge >= 0.3 is 22.7 Å². The van der Waals surface area contributed by atoms with E-state index >= 15 is 0 Å². The van der Waals surface area contributed by atoms with Crippen LogP contribution in [0, 0.1) is 0 Å². The minimum absolute atomic E-state index is 0. The molecule has 0 aliphatic carbocycles. The third kappa shape index (κ3) is 7.56. The van der Waals surface area contributed by atoms with Crippen LogP contribution in [-0.4, -0.2) is 17.4 Å². The first-order chi connectivity index (χ1) is 4.34. The van der Waals surface area contributed by atoms with Crippen molar-refractivity contribution in [1.82, 2.24) is 0 Å². The first kappa shape index (κ1) is 17.5. The topological polar surface area (TPSA) is 71.6 Å². The van der Waals surface area contributed by atoms with E-state index in [1.54, 1.807) is 0 Å². The SMILES string of the molecule is CC(=O)/C=C(\[O-])C(F)(F)F.O.[Ni+2]. The summed E-state index contributed by atoms with van der Waals surface area (Å²) >= 11 is 0. The van der Waals surface area contributed by atoms with Crippen LogP contribution >= 0.6 is 0 Å². The first-order valence-corrected chi connectivity index (χ1v) is 2.30. The van der Waals surface area contributed by atoms with E-state index in [0.717, 1.165) is 6.92 Å². The molecule has 0 unspecified atom stereocenters. The molecule has 0 aromatic heterocycles. The second-order valence-electron chi connectivity index (χ2n) is 1.62. The Bertz CT molecular complexity index is 175. The van der Waals surface area contributed by atoms with Crippen molar-refractivity contribution in [2.45, 2.75) is 13.1 Å². The van der Waals surface area contributed by atoms with Crippen LogP contribution in [0.15, 0.2) is 11.8 Å². The Morgan fingerprint density at radius 1 is 1.42 bits per heavy atom. The summed E-state index contributed by atoms with van der Waals surface area (Å²) in [6, 6.07) is 0. The minimum atomic E-state index is -4.92. The summed E-state index contributed by atoms with van der Waals surface area (Å²) in [5.74, 6) is -3.01. The zero-order valence-corrected chi connectivity index (χ0v) is 6.83. The smallest absolute Gasteiger partial charge is 0.869 e. The van der Waals surface area contributed by atoms with Gasteiger partial charge in [0.2, 0.25) is 0 Å². The van der Waals surface area contributed by atoms with Gasteiger partial charge in [0.25, 0.3) is 0 Å². The Kier molecular flexibility index (Phi) is 8.79. The van der Waals surface area contributed by atoms with Gasteiger partial charge in [0, 0.05) is 0 Å². The van der Waals surface area contributed by atoms with E-state index in [1.807, 2.05) is 0 Å². The van der Waals surface area contributed by atoms with E-state index in [-0.39, 0.29) is 28.0 Å². The average Bonchev–Trinajstić information content (AvgIpc) is 1.60. The molecule has 74 valence electrons. The summed E-state index contributed by atoms with van der Waals surface area (Å²) in [6.45, 7) is 0.879. The number of alkyl halides is 3. The van der Waals surface area contributed by atoms with Crippen molar-refractivity contribution in [3.8, 4) is 0 Å². The number of rotatable bonds is 1. The van der Waals surface area contributed by atoms with E-state index in [0.29, 0.717) is 0 Å². The molecule has 0 aliphatic heterocycles. The summed E-state index contributed by atoms with van der Waals surface area (Å²) in [4.78, 5) is 9.92. The summed E-state index contributed by atoms with van der Waals surface area (Å²) in [5.41, 5.74) is 0. The van der Waals surface area contributed by atoms with Crippen LogP contribution in [0.2, 0.25) is 0 Å². The molecule has 0 spiro atoms. The van der Waals surface area contributed by atoms with Crippen molar-refractivity contribution in [3.05, 3.63) is 11.8 Å². The molecule has 0 aromatic rings. The van der Waals surface area contributed by atoms with Crippen LogP contribution in [0.3, 0.4) is 0 Å². The summed E-state index contributed by atoms with van der Waals surface area (Å²) < 4.78 is 33.8. The number of hydrogen-bond acceptors (Lipinski definition) is 2. The first-order valence-electron chi connectivity index (χ1n) is 2.30. The molecule has 0 radical (unpaired) electrons. The Morgan fingerprint density at radius 2 is 1.75 bits per heavy atom. The average molecular weight is 230 g/mol. The van der Waals surface area contributed by atoms with Crippen LogP contribution in [0.25, 0.3) is 0 Å². The van der Waals surface area contributed by atoms with Gasteiger partial charge in [-0.25, -0.2) is 0 Å².